The van der Waals surface area contributed by atoms with Crippen molar-refractivity contribution >= 4 is 46.4 Å². The van der Waals surface area contributed by atoms with Crippen molar-refractivity contribution in [3.05, 3.63) is 54.2 Å². The van der Waals surface area contributed by atoms with E-state index >= 15 is 0 Å². The van der Waals surface area contributed by atoms with E-state index in [0.717, 1.165) is 16.5 Å². The zero-order valence-corrected chi connectivity index (χ0v) is 22.0. The SMILES string of the molecule is CSCCC(N)C(=O)NC(C)C(=O)NC(Cc1cnc[nH]1)C(=O)NC(Cc1c[nH]c2ccccc12)C(=O)O. The highest BCUT2D eigenvalue weighted by atomic mass is 32.2. The highest BCUT2D eigenvalue weighted by Crippen LogP contribution is 2.19. The first-order chi connectivity index (χ1) is 18.2. The van der Waals surface area contributed by atoms with Gasteiger partial charge in [-0.2, -0.15) is 11.8 Å². The second-order valence-corrected chi connectivity index (χ2v) is 9.91. The molecule has 0 spiro atoms. The molecule has 8 N–H and O–H groups in total. The maximum atomic E-state index is 13.2. The van der Waals surface area contributed by atoms with Crippen molar-refractivity contribution in [1.82, 2.24) is 30.9 Å². The number of imidazole rings is 1. The molecule has 2 heterocycles. The number of para-hydroxylation sites is 1. The van der Waals surface area contributed by atoms with Crippen LogP contribution < -0.4 is 21.7 Å². The van der Waals surface area contributed by atoms with Gasteiger partial charge in [0.05, 0.1) is 12.4 Å². The number of nitrogens with one attached hydrogen (secondary N) is 5. The van der Waals surface area contributed by atoms with E-state index in [1.54, 1.807) is 18.0 Å². The Bertz CT molecular complexity index is 1250. The lowest BCUT2D eigenvalue weighted by atomic mass is 10.0. The summed E-state index contributed by atoms with van der Waals surface area (Å²) in [6.07, 6.45) is 7.08. The molecule has 0 aliphatic carbocycles. The normalized spacial score (nSPS) is 14.3. The first-order valence-corrected chi connectivity index (χ1v) is 13.5. The number of carbonyl (C=O) groups excluding carboxylic acids is 3. The van der Waals surface area contributed by atoms with Crippen LogP contribution in [0.3, 0.4) is 0 Å². The predicted molar refractivity (Wildman–Crippen MR) is 144 cm³/mol. The van der Waals surface area contributed by atoms with Crippen molar-refractivity contribution < 1.29 is 24.3 Å². The van der Waals surface area contributed by atoms with Gasteiger partial charge in [-0.25, -0.2) is 9.78 Å². The Morgan fingerprint density at radius 2 is 1.76 bits per heavy atom. The summed E-state index contributed by atoms with van der Waals surface area (Å²) >= 11 is 1.56. The molecule has 3 rings (SSSR count). The average molecular weight is 544 g/mol. The molecule has 38 heavy (non-hydrogen) atoms. The van der Waals surface area contributed by atoms with Crippen LogP contribution in [0.1, 0.15) is 24.6 Å². The quantitative estimate of drug-likeness (QED) is 0.151. The second-order valence-electron chi connectivity index (χ2n) is 8.92. The molecule has 13 heteroatoms. The number of hydrogen-bond acceptors (Lipinski definition) is 7. The summed E-state index contributed by atoms with van der Waals surface area (Å²) in [5, 5.41) is 18.4. The zero-order valence-electron chi connectivity index (χ0n) is 21.2. The third-order valence-electron chi connectivity index (χ3n) is 6.05. The van der Waals surface area contributed by atoms with Crippen LogP contribution in [0.4, 0.5) is 0 Å². The number of carboxylic acids is 1. The average Bonchev–Trinajstić information content (AvgIpc) is 3.56. The Morgan fingerprint density at radius 1 is 1.03 bits per heavy atom. The fraction of sp³-hybridized carbons (Fsp3) is 0.400. The van der Waals surface area contributed by atoms with Crippen LogP contribution >= 0.6 is 11.8 Å². The van der Waals surface area contributed by atoms with Crippen LogP contribution in [0.5, 0.6) is 0 Å². The standard InChI is InChI=1S/C25H33N7O5S/c1-14(30-23(34)18(26)7-8-38-2)22(33)31-20(10-16-12-27-13-29-16)24(35)32-21(25(36)37)9-15-11-28-19-6-4-3-5-17(15)19/h3-6,11-14,18,20-21,28H,7-10,26H2,1-2H3,(H,27,29)(H,30,34)(H,31,33)(H,32,35)(H,36,37). The van der Waals surface area contributed by atoms with Gasteiger partial charge in [0.15, 0.2) is 0 Å². The number of thioether (sulfide) groups is 1. The lowest BCUT2D eigenvalue weighted by Crippen LogP contribution is -2.57. The summed E-state index contributed by atoms with van der Waals surface area (Å²) < 4.78 is 0. The van der Waals surface area contributed by atoms with Gasteiger partial charge in [0.1, 0.15) is 18.1 Å². The van der Waals surface area contributed by atoms with Gasteiger partial charge in [0, 0.05) is 41.8 Å². The van der Waals surface area contributed by atoms with Crippen LogP contribution in [0.15, 0.2) is 43.0 Å². The molecule has 0 bridgehead atoms. The molecule has 2 aromatic heterocycles. The number of aliphatic carboxylic acids is 1. The maximum Gasteiger partial charge on any atom is 0.326 e. The van der Waals surface area contributed by atoms with Gasteiger partial charge in [0.2, 0.25) is 17.7 Å². The van der Waals surface area contributed by atoms with Crippen LogP contribution in [-0.4, -0.2) is 79.9 Å². The number of H-pyrrole nitrogens is 2. The number of benzene rings is 1. The molecule has 0 radical (unpaired) electrons. The maximum absolute atomic E-state index is 13.2. The first kappa shape index (κ1) is 28.7. The first-order valence-electron chi connectivity index (χ1n) is 12.1. The van der Waals surface area contributed by atoms with E-state index in [1.807, 2.05) is 30.5 Å². The monoisotopic (exact) mass is 543 g/mol. The molecule has 204 valence electrons. The van der Waals surface area contributed by atoms with Gasteiger partial charge in [-0.3, -0.25) is 14.4 Å². The second kappa shape index (κ2) is 13.6. The van der Waals surface area contributed by atoms with E-state index in [0.29, 0.717) is 17.9 Å². The Hall–Kier alpha value is -3.84. The summed E-state index contributed by atoms with van der Waals surface area (Å²) in [5.41, 5.74) is 8.02. The number of amides is 3. The third kappa shape index (κ3) is 7.83. The van der Waals surface area contributed by atoms with E-state index in [4.69, 9.17) is 5.73 Å². The Morgan fingerprint density at radius 3 is 2.45 bits per heavy atom. The van der Waals surface area contributed by atoms with E-state index in [-0.39, 0.29) is 12.8 Å². The van der Waals surface area contributed by atoms with Crippen LogP contribution in [-0.2, 0) is 32.0 Å². The van der Waals surface area contributed by atoms with Gasteiger partial charge in [-0.1, -0.05) is 18.2 Å². The van der Waals surface area contributed by atoms with Crippen molar-refractivity contribution in [2.75, 3.05) is 12.0 Å². The summed E-state index contributed by atoms with van der Waals surface area (Å²) in [4.78, 5) is 60.4. The van der Waals surface area contributed by atoms with Crippen LogP contribution in [0, 0.1) is 0 Å². The zero-order chi connectivity index (χ0) is 27.7. The number of carbonyl (C=O) groups is 4. The predicted octanol–water partition coefficient (Wildman–Crippen LogP) is 0.316. The van der Waals surface area contributed by atoms with Crippen molar-refractivity contribution in [2.24, 2.45) is 5.73 Å². The Kier molecular flexibility index (Phi) is 10.3. The van der Waals surface area contributed by atoms with Gasteiger partial charge >= 0.3 is 5.97 Å². The molecule has 3 aromatic rings. The highest BCUT2D eigenvalue weighted by molar-refractivity contribution is 7.98. The van der Waals surface area contributed by atoms with Gasteiger partial charge < -0.3 is 36.8 Å². The van der Waals surface area contributed by atoms with Crippen molar-refractivity contribution in [2.45, 2.75) is 50.4 Å². The number of rotatable bonds is 14. The Balaban J connectivity index is 1.70. The highest BCUT2D eigenvalue weighted by Gasteiger charge is 2.30. The fourth-order valence-electron chi connectivity index (χ4n) is 3.88. The van der Waals surface area contributed by atoms with E-state index in [1.165, 1.54) is 19.4 Å². The number of nitrogens with zero attached hydrogens (tertiary/aromatic N) is 1. The van der Waals surface area contributed by atoms with E-state index < -0.39 is 47.9 Å². The van der Waals surface area contributed by atoms with Crippen molar-refractivity contribution in [3.63, 3.8) is 0 Å². The van der Waals surface area contributed by atoms with Gasteiger partial charge in [0.25, 0.3) is 0 Å². The van der Waals surface area contributed by atoms with E-state index in [2.05, 4.69) is 30.9 Å². The van der Waals surface area contributed by atoms with Crippen LogP contribution in [0.2, 0.25) is 0 Å². The minimum absolute atomic E-state index is 0.0326. The molecule has 0 fully saturated rings. The lowest BCUT2D eigenvalue weighted by molar-refractivity contribution is -0.142. The number of hydrogen-bond donors (Lipinski definition) is 7. The van der Waals surface area contributed by atoms with E-state index in [9.17, 15) is 24.3 Å². The molecule has 12 nitrogen and oxygen atoms in total. The minimum atomic E-state index is -1.24. The van der Waals surface area contributed by atoms with Crippen molar-refractivity contribution in [3.8, 4) is 0 Å². The summed E-state index contributed by atoms with van der Waals surface area (Å²) in [6.45, 7) is 1.48. The molecule has 0 aliphatic rings. The van der Waals surface area contributed by atoms with Gasteiger partial charge in [-0.05, 0) is 37.0 Å². The topological polar surface area (TPSA) is 195 Å². The third-order valence-corrected chi connectivity index (χ3v) is 6.69. The number of carboxylic acid groups (broad SMARTS) is 1. The van der Waals surface area contributed by atoms with Crippen molar-refractivity contribution in [1.29, 1.82) is 0 Å². The Labute approximate surface area is 223 Å². The minimum Gasteiger partial charge on any atom is -0.480 e. The molecule has 0 aliphatic heterocycles. The molecule has 3 amide bonds. The molecular weight excluding hydrogens is 510 g/mol. The fourth-order valence-corrected chi connectivity index (χ4v) is 4.37. The lowest BCUT2D eigenvalue weighted by Gasteiger charge is -2.23. The molecule has 0 saturated carbocycles. The van der Waals surface area contributed by atoms with Crippen LogP contribution in [0.25, 0.3) is 10.9 Å². The molecular formula is C25H33N7O5S. The van der Waals surface area contributed by atoms with Gasteiger partial charge in [-0.15, -0.1) is 0 Å². The summed E-state index contributed by atoms with van der Waals surface area (Å²) in [5.74, 6) is -2.28. The molecule has 0 saturated heterocycles. The smallest absolute Gasteiger partial charge is 0.326 e. The summed E-state index contributed by atoms with van der Waals surface area (Å²) in [7, 11) is 0. The number of nitrogens with two attached hydrogens (primary N) is 1. The summed E-state index contributed by atoms with van der Waals surface area (Å²) in [6, 6.07) is 3.35. The molecule has 1 aromatic carbocycles. The number of fused-ring (bicyclic) bond motifs is 1. The number of aromatic nitrogens is 3. The molecule has 4 atom stereocenters. The largest absolute Gasteiger partial charge is 0.480 e. The molecule has 4 unspecified atom stereocenters. The number of aromatic amines is 2.